The molecule has 1 saturated carbocycles. The normalized spacial score (nSPS) is 24.8. The summed E-state index contributed by atoms with van der Waals surface area (Å²) in [6, 6.07) is 0. The van der Waals surface area contributed by atoms with Crippen molar-refractivity contribution in [3.8, 4) is 0 Å². The minimum absolute atomic E-state index is 0.0580. The van der Waals surface area contributed by atoms with Crippen molar-refractivity contribution < 1.29 is 22.1 Å². The fraction of sp³-hybridized carbons (Fsp3) is 0.952. The number of rotatable bonds is 7. The first-order chi connectivity index (χ1) is 12.4. The average molecular weight is 420 g/mol. The number of hydrogen-bond acceptors (Lipinski definition) is 5. The maximum absolute atomic E-state index is 12.5. The Morgan fingerprint density at radius 2 is 1.61 bits per heavy atom. The Kier molecular flexibility index (Phi) is 8.16. The van der Waals surface area contributed by atoms with E-state index in [4.69, 9.17) is 8.92 Å². The second-order valence-electron chi connectivity index (χ2n) is 11.0. The molecule has 0 bridgehead atoms. The quantitative estimate of drug-likeness (QED) is 0.610. The Labute approximate surface area is 172 Å². The lowest BCUT2D eigenvalue weighted by Gasteiger charge is -2.43. The molecule has 28 heavy (non-hydrogen) atoms. The Balaban J connectivity index is 2.87. The highest BCUT2D eigenvalue weighted by Crippen LogP contribution is 2.44. The SMILES string of the molecule is C[C@@H]1CC[C@@H](C(C)(C)CCC(=O)OC(C)(C)C)[C@H](OS(=O)(=O)NC(C)(C)C)C1. The van der Waals surface area contributed by atoms with Crippen molar-refractivity contribution in [2.45, 2.75) is 112 Å². The smallest absolute Gasteiger partial charge is 0.336 e. The topological polar surface area (TPSA) is 81.7 Å². The number of carbonyl (C=O) groups is 1. The van der Waals surface area contributed by atoms with Gasteiger partial charge in [0.2, 0.25) is 0 Å². The molecule has 1 N–H and O–H groups in total. The lowest BCUT2D eigenvalue weighted by Crippen LogP contribution is -2.47. The molecule has 1 aliphatic carbocycles. The second kappa shape index (κ2) is 9.00. The predicted octanol–water partition coefficient (Wildman–Crippen LogP) is 4.59. The van der Waals surface area contributed by atoms with Gasteiger partial charge >= 0.3 is 16.3 Å². The first-order valence-corrected chi connectivity index (χ1v) is 11.7. The average Bonchev–Trinajstić information content (AvgIpc) is 2.40. The molecule has 3 atom stereocenters. The van der Waals surface area contributed by atoms with E-state index >= 15 is 0 Å². The van der Waals surface area contributed by atoms with Gasteiger partial charge in [0.15, 0.2) is 0 Å². The monoisotopic (exact) mass is 419 g/mol. The zero-order valence-corrected chi connectivity index (χ0v) is 20.0. The van der Waals surface area contributed by atoms with Gasteiger partial charge in [-0.2, -0.15) is 13.1 Å². The first kappa shape index (κ1) is 25.4. The first-order valence-electron chi connectivity index (χ1n) is 10.3. The molecule has 0 unspecified atom stereocenters. The summed E-state index contributed by atoms with van der Waals surface area (Å²) in [5.74, 6) is 0.250. The molecule has 0 aromatic rings. The van der Waals surface area contributed by atoms with Crippen molar-refractivity contribution in [1.29, 1.82) is 0 Å². The lowest BCUT2D eigenvalue weighted by atomic mass is 9.66. The van der Waals surface area contributed by atoms with Crippen LogP contribution in [0.5, 0.6) is 0 Å². The van der Waals surface area contributed by atoms with E-state index in [2.05, 4.69) is 25.5 Å². The van der Waals surface area contributed by atoms with E-state index in [0.717, 1.165) is 12.8 Å². The van der Waals surface area contributed by atoms with Crippen molar-refractivity contribution in [3.05, 3.63) is 0 Å². The summed E-state index contributed by atoms with van der Waals surface area (Å²) in [6.45, 7) is 17.3. The molecular weight excluding hydrogens is 378 g/mol. The van der Waals surface area contributed by atoms with Crippen LogP contribution >= 0.6 is 0 Å². The summed E-state index contributed by atoms with van der Waals surface area (Å²) in [4.78, 5) is 12.1. The van der Waals surface area contributed by atoms with Crippen LogP contribution in [0, 0.1) is 17.3 Å². The Bertz CT molecular complexity index is 628. The molecule has 1 fully saturated rings. The van der Waals surface area contributed by atoms with Gasteiger partial charge in [-0.1, -0.05) is 27.2 Å². The third kappa shape index (κ3) is 9.23. The minimum Gasteiger partial charge on any atom is -0.460 e. The summed E-state index contributed by atoms with van der Waals surface area (Å²) < 4.78 is 38.7. The maximum Gasteiger partial charge on any atom is 0.336 e. The van der Waals surface area contributed by atoms with Crippen LogP contribution in [0.1, 0.15) is 94.4 Å². The molecule has 0 aliphatic heterocycles. The molecule has 6 nitrogen and oxygen atoms in total. The zero-order valence-electron chi connectivity index (χ0n) is 19.2. The molecular formula is C21H41NO5S. The Morgan fingerprint density at radius 1 is 1.04 bits per heavy atom. The molecule has 166 valence electrons. The largest absolute Gasteiger partial charge is 0.460 e. The molecule has 0 amide bonds. The summed E-state index contributed by atoms with van der Waals surface area (Å²) in [5.41, 5.74) is -1.33. The second-order valence-corrected chi connectivity index (χ2v) is 12.3. The Hall–Kier alpha value is -0.660. The van der Waals surface area contributed by atoms with Crippen LogP contribution < -0.4 is 4.72 Å². The molecule has 7 heteroatoms. The molecule has 0 aromatic carbocycles. The third-order valence-corrected chi connectivity index (χ3v) is 6.50. The highest BCUT2D eigenvalue weighted by Gasteiger charge is 2.42. The fourth-order valence-corrected chi connectivity index (χ4v) is 5.23. The number of esters is 1. The van der Waals surface area contributed by atoms with Crippen molar-refractivity contribution in [3.63, 3.8) is 0 Å². The number of ether oxygens (including phenoxy) is 1. The van der Waals surface area contributed by atoms with Crippen molar-refractivity contribution in [1.82, 2.24) is 4.72 Å². The van der Waals surface area contributed by atoms with E-state index in [1.807, 2.05) is 20.8 Å². The summed E-state index contributed by atoms with van der Waals surface area (Å²) in [5, 5.41) is 0. The van der Waals surface area contributed by atoms with Crippen molar-refractivity contribution in [2.24, 2.45) is 17.3 Å². The van der Waals surface area contributed by atoms with Gasteiger partial charge in [0, 0.05) is 12.0 Å². The minimum atomic E-state index is -3.85. The van der Waals surface area contributed by atoms with E-state index in [0.29, 0.717) is 25.2 Å². The molecule has 1 rings (SSSR count). The number of hydrogen-bond donors (Lipinski definition) is 1. The molecule has 1 aliphatic rings. The summed E-state index contributed by atoms with van der Waals surface area (Å²) in [6.07, 6.45) is 3.18. The van der Waals surface area contributed by atoms with Crippen LogP contribution in [0.4, 0.5) is 0 Å². The van der Waals surface area contributed by atoms with Crippen molar-refractivity contribution in [2.75, 3.05) is 0 Å². The van der Waals surface area contributed by atoms with Gasteiger partial charge in [-0.3, -0.25) is 8.98 Å². The summed E-state index contributed by atoms with van der Waals surface area (Å²) >= 11 is 0. The zero-order chi connectivity index (χ0) is 22.0. The molecule has 0 saturated heterocycles. The van der Waals surface area contributed by atoms with Crippen LogP contribution in [0.3, 0.4) is 0 Å². The van der Waals surface area contributed by atoms with Crippen LogP contribution in [0.15, 0.2) is 0 Å². The Morgan fingerprint density at radius 3 is 2.11 bits per heavy atom. The summed E-state index contributed by atoms with van der Waals surface area (Å²) in [7, 11) is -3.85. The number of carbonyl (C=O) groups excluding carboxylic acids is 1. The number of nitrogens with one attached hydrogen (secondary N) is 1. The van der Waals surface area contributed by atoms with E-state index in [-0.39, 0.29) is 17.3 Å². The van der Waals surface area contributed by atoms with E-state index in [1.165, 1.54) is 0 Å². The molecule has 0 aromatic heterocycles. The fourth-order valence-electron chi connectivity index (χ4n) is 3.89. The van der Waals surface area contributed by atoms with Gasteiger partial charge in [-0.15, -0.1) is 0 Å². The van der Waals surface area contributed by atoms with Gasteiger partial charge in [0.05, 0.1) is 6.10 Å². The van der Waals surface area contributed by atoms with Crippen LogP contribution in [0.25, 0.3) is 0 Å². The van der Waals surface area contributed by atoms with E-state index in [9.17, 15) is 13.2 Å². The van der Waals surface area contributed by atoms with Gasteiger partial charge in [0.25, 0.3) is 0 Å². The molecule has 0 spiro atoms. The maximum atomic E-state index is 12.5. The molecule has 0 heterocycles. The van der Waals surface area contributed by atoms with Gasteiger partial charge in [-0.05, 0) is 78.1 Å². The highest BCUT2D eigenvalue weighted by molar-refractivity contribution is 7.84. The highest BCUT2D eigenvalue weighted by atomic mass is 32.2. The van der Waals surface area contributed by atoms with E-state index in [1.54, 1.807) is 20.8 Å². The van der Waals surface area contributed by atoms with Gasteiger partial charge < -0.3 is 4.74 Å². The lowest BCUT2D eigenvalue weighted by molar-refractivity contribution is -0.156. The van der Waals surface area contributed by atoms with Gasteiger partial charge in [-0.25, -0.2) is 0 Å². The molecule has 0 radical (unpaired) electrons. The standard InChI is InChI=1S/C21H41NO5S/c1-15-10-11-16(17(14-15)27-28(24,25)22-19(2,3)4)21(8,9)13-12-18(23)26-20(5,6)7/h15-17,22H,10-14H2,1-9H3/t15-,16-,17-/m1/s1. The van der Waals surface area contributed by atoms with Crippen LogP contribution in [0.2, 0.25) is 0 Å². The third-order valence-electron chi connectivity index (χ3n) is 5.13. The van der Waals surface area contributed by atoms with Crippen LogP contribution in [-0.2, 0) is 24.0 Å². The van der Waals surface area contributed by atoms with E-state index < -0.39 is 27.5 Å². The van der Waals surface area contributed by atoms with Crippen LogP contribution in [-0.4, -0.2) is 31.6 Å². The van der Waals surface area contributed by atoms with Crippen molar-refractivity contribution >= 4 is 16.3 Å². The predicted molar refractivity (Wildman–Crippen MR) is 112 cm³/mol. The van der Waals surface area contributed by atoms with Gasteiger partial charge in [0.1, 0.15) is 5.60 Å².